The van der Waals surface area contributed by atoms with E-state index in [0.717, 1.165) is 12.2 Å². The minimum absolute atomic E-state index is 0. The Kier molecular flexibility index (Phi) is 2.68. The summed E-state index contributed by atoms with van der Waals surface area (Å²) in [4.78, 5) is 19.8. The van der Waals surface area contributed by atoms with Crippen LogP contribution in [0.4, 0.5) is 0 Å². The van der Waals surface area contributed by atoms with Gasteiger partial charge in [0.15, 0.2) is 0 Å². The van der Waals surface area contributed by atoms with Crippen molar-refractivity contribution in [2.75, 3.05) is 0 Å². The molecule has 0 aromatic heterocycles. The maximum atomic E-state index is 9.92. The topological polar surface area (TPSA) is 43.4 Å². The van der Waals surface area contributed by atoms with Gasteiger partial charge in [0, 0.05) is 34.5 Å². The fourth-order valence-electron chi connectivity index (χ4n) is 0.303. The monoisotopic (exact) mass is 205 g/mol. The summed E-state index contributed by atoms with van der Waals surface area (Å²) in [6.45, 7) is 0. The molecule has 0 bridgehead atoms. The smallest absolute Gasteiger partial charge is 0.338 e. The van der Waals surface area contributed by atoms with E-state index in [1.165, 1.54) is 0 Å². The molecule has 8 heavy (non-hydrogen) atoms. The summed E-state index contributed by atoms with van der Waals surface area (Å²) in [7, 11) is 0. The van der Waals surface area contributed by atoms with Crippen LogP contribution in [0.25, 0.3) is 0 Å². The summed E-state index contributed by atoms with van der Waals surface area (Å²) in [6, 6.07) is 0. The van der Waals surface area contributed by atoms with E-state index in [9.17, 15) is 9.59 Å². The molecule has 0 aromatic rings. The minimum atomic E-state index is -0.579. The zero-order valence-corrected chi connectivity index (χ0v) is 5.16. The van der Waals surface area contributed by atoms with E-state index in [1.807, 2.05) is 0 Å². The van der Waals surface area contributed by atoms with E-state index >= 15 is 0 Å². The van der Waals surface area contributed by atoms with Gasteiger partial charge in [-0.3, -0.25) is 0 Å². The average Bonchev–Trinajstić information content (AvgIpc) is 1.87. The standard InChI is InChI=1S/C4H2O3.Ag/c5-3-1-2-4(6)7-3;/h1-2H;. The van der Waals surface area contributed by atoms with Crippen LogP contribution < -0.4 is 0 Å². The predicted molar refractivity (Wildman–Crippen MR) is 20.2 cm³/mol. The SMILES string of the molecule is O=C1C=CC(=O)O1.[Ag]. The van der Waals surface area contributed by atoms with Gasteiger partial charge < -0.3 is 4.74 Å². The van der Waals surface area contributed by atoms with Gasteiger partial charge in [0.1, 0.15) is 0 Å². The number of rotatable bonds is 0. The Morgan fingerprint density at radius 3 is 1.62 bits per heavy atom. The van der Waals surface area contributed by atoms with Crippen LogP contribution in [0.5, 0.6) is 0 Å². The quantitative estimate of drug-likeness (QED) is 0.308. The van der Waals surface area contributed by atoms with E-state index in [0.29, 0.717) is 0 Å². The number of esters is 2. The van der Waals surface area contributed by atoms with Crippen molar-refractivity contribution in [3.63, 3.8) is 0 Å². The van der Waals surface area contributed by atoms with E-state index in [2.05, 4.69) is 4.74 Å². The van der Waals surface area contributed by atoms with Crippen LogP contribution in [0.15, 0.2) is 12.2 Å². The third kappa shape index (κ3) is 1.61. The minimum Gasteiger partial charge on any atom is -0.387 e. The Morgan fingerprint density at radius 2 is 1.50 bits per heavy atom. The van der Waals surface area contributed by atoms with Crippen LogP contribution in [0.1, 0.15) is 0 Å². The van der Waals surface area contributed by atoms with Crippen molar-refractivity contribution in [3.8, 4) is 0 Å². The maximum absolute atomic E-state index is 9.92. The maximum Gasteiger partial charge on any atom is 0.338 e. The number of carbonyl (C=O) groups is 2. The molecule has 0 aliphatic carbocycles. The summed E-state index contributed by atoms with van der Waals surface area (Å²) in [5, 5.41) is 0. The first-order valence-electron chi connectivity index (χ1n) is 1.73. The average molecular weight is 206 g/mol. The first kappa shape index (κ1) is 7.62. The largest absolute Gasteiger partial charge is 0.387 e. The van der Waals surface area contributed by atoms with Crippen LogP contribution in [0, 0.1) is 0 Å². The van der Waals surface area contributed by atoms with Crippen molar-refractivity contribution in [1.82, 2.24) is 0 Å². The molecule has 1 radical (unpaired) electrons. The van der Waals surface area contributed by atoms with Crippen molar-refractivity contribution < 1.29 is 36.7 Å². The molecule has 0 saturated carbocycles. The summed E-state index contributed by atoms with van der Waals surface area (Å²) < 4.78 is 3.97. The molecule has 1 heterocycles. The van der Waals surface area contributed by atoms with Gasteiger partial charge in [0.25, 0.3) is 0 Å². The second kappa shape index (κ2) is 2.81. The summed E-state index contributed by atoms with van der Waals surface area (Å²) in [5.74, 6) is -1.16. The second-order valence-corrected chi connectivity index (χ2v) is 1.07. The normalized spacial score (nSPS) is 15.5. The van der Waals surface area contributed by atoms with Gasteiger partial charge in [0.2, 0.25) is 0 Å². The van der Waals surface area contributed by atoms with Crippen molar-refractivity contribution in [2.24, 2.45) is 0 Å². The second-order valence-electron chi connectivity index (χ2n) is 1.07. The third-order valence-corrected chi connectivity index (χ3v) is 0.557. The molecular weight excluding hydrogens is 204 g/mol. The molecular formula is C4H2AgO3. The van der Waals surface area contributed by atoms with Crippen molar-refractivity contribution in [3.05, 3.63) is 12.2 Å². The molecule has 1 rings (SSSR count). The fourth-order valence-corrected chi connectivity index (χ4v) is 0.303. The number of ether oxygens (including phenoxy) is 1. The molecule has 1 aliphatic heterocycles. The Balaban J connectivity index is 0.000000490. The molecule has 47 valence electrons. The number of carbonyl (C=O) groups excluding carboxylic acids is 2. The molecule has 0 spiro atoms. The molecule has 0 atom stereocenters. The first-order chi connectivity index (χ1) is 3.29. The van der Waals surface area contributed by atoms with Crippen LogP contribution >= 0.6 is 0 Å². The van der Waals surface area contributed by atoms with Crippen LogP contribution in [0.3, 0.4) is 0 Å². The third-order valence-electron chi connectivity index (χ3n) is 0.557. The van der Waals surface area contributed by atoms with Crippen molar-refractivity contribution in [2.45, 2.75) is 0 Å². The molecule has 1 aliphatic rings. The van der Waals surface area contributed by atoms with Crippen LogP contribution in [-0.4, -0.2) is 11.9 Å². The molecule has 3 nitrogen and oxygen atoms in total. The van der Waals surface area contributed by atoms with Gasteiger partial charge in [-0.2, -0.15) is 0 Å². The van der Waals surface area contributed by atoms with Gasteiger partial charge in [0.05, 0.1) is 0 Å². The number of hydrogen-bond acceptors (Lipinski definition) is 3. The van der Waals surface area contributed by atoms with Crippen LogP contribution in [-0.2, 0) is 36.7 Å². The van der Waals surface area contributed by atoms with E-state index in [-0.39, 0.29) is 22.4 Å². The van der Waals surface area contributed by atoms with E-state index < -0.39 is 11.9 Å². The van der Waals surface area contributed by atoms with Gasteiger partial charge in [-0.25, -0.2) is 9.59 Å². The zero-order valence-electron chi connectivity index (χ0n) is 3.68. The molecule has 4 heteroatoms. The van der Waals surface area contributed by atoms with Gasteiger partial charge >= 0.3 is 11.9 Å². The fraction of sp³-hybridized carbons (Fsp3) is 0. The number of hydrogen-bond donors (Lipinski definition) is 0. The zero-order chi connectivity index (χ0) is 5.28. The van der Waals surface area contributed by atoms with Crippen molar-refractivity contribution >= 4 is 11.9 Å². The van der Waals surface area contributed by atoms with E-state index in [1.54, 1.807) is 0 Å². The number of cyclic esters (lactones) is 2. The molecule has 0 aromatic carbocycles. The Labute approximate surface area is 61.2 Å². The summed E-state index contributed by atoms with van der Waals surface area (Å²) >= 11 is 0. The Hall–Kier alpha value is -0.380. The molecule has 0 amide bonds. The molecule has 0 saturated heterocycles. The molecule has 0 fully saturated rings. The van der Waals surface area contributed by atoms with Crippen molar-refractivity contribution in [1.29, 1.82) is 0 Å². The predicted octanol–water partition coefficient (Wildman–Crippen LogP) is -0.377. The summed E-state index contributed by atoms with van der Waals surface area (Å²) in [6.07, 6.45) is 2.17. The van der Waals surface area contributed by atoms with Gasteiger partial charge in [-0.05, 0) is 0 Å². The molecule has 0 N–H and O–H groups in total. The van der Waals surface area contributed by atoms with Gasteiger partial charge in [-0.1, -0.05) is 0 Å². The van der Waals surface area contributed by atoms with Gasteiger partial charge in [-0.15, -0.1) is 0 Å². The van der Waals surface area contributed by atoms with Crippen LogP contribution in [0.2, 0.25) is 0 Å². The Bertz CT molecular complexity index is 133. The first-order valence-corrected chi connectivity index (χ1v) is 1.73. The summed E-state index contributed by atoms with van der Waals surface area (Å²) in [5.41, 5.74) is 0. The molecule has 0 unspecified atom stereocenters. The Morgan fingerprint density at radius 1 is 1.12 bits per heavy atom. The van der Waals surface area contributed by atoms with E-state index in [4.69, 9.17) is 0 Å².